The first kappa shape index (κ1) is 8.77. The van der Waals surface area contributed by atoms with E-state index < -0.39 is 0 Å². The van der Waals surface area contributed by atoms with E-state index in [-0.39, 0.29) is 6.61 Å². The van der Waals surface area contributed by atoms with Gasteiger partial charge >= 0.3 is 0 Å². The average molecular weight is 220 g/mol. The van der Waals surface area contributed by atoms with Crippen LogP contribution in [-0.2, 0) is 6.54 Å². The van der Waals surface area contributed by atoms with Crippen molar-refractivity contribution in [3.8, 4) is 0 Å². The molecule has 0 aliphatic rings. The van der Waals surface area contributed by atoms with Crippen molar-refractivity contribution in [3.05, 3.63) is 22.6 Å². The normalized spacial score (nSPS) is 10.4. The van der Waals surface area contributed by atoms with Gasteiger partial charge in [0.1, 0.15) is 12.0 Å². The smallest absolute Gasteiger partial charge is 0.118 e. The van der Waals surface area contributed by atoms with Crippen molar-refractivity contribution >= 4 is 15.9 Å². The fraction of sp³-hybridized carbons (Fsp3) is 0.429. The Hall–Kier alpha value is -0.320. The van der Waals surface area contributed by atoms with E-state index in [0.717, 1.165) is 10.2 Å². The summed E-state index contributed by atoms with van der Waals surface area (Å²) in [5, 5.41) is 11.4. The van der Waals surface area contributed by atoms with Gasteiger partial charge < -0.3 is 14.8 Å². The summed E-state index contributed by atoms with van der Waals surface area (Å²) in [6, 6.07) is 1.89. The summed E-state index contributed by atoms with van der Waals surface area (Å²) in [6.07, 6.45) is 1.63. The molecule has 0 aromatic carbocycles. The van der Waals surface area contributed by atoms with E-state index >= 15 is 0 Å². The van der Waals surface area contributed by atoms with Crippen LogP contribution in [0.5, 0.6) is 0 Å². The van der Waals surface area contributed by atoms with E-state index in [0.29, 0.717) is 13.1 Å². The highest BCUT2D eigenvalue weighted by molar-refractivity contribution is 9.10. The van der Waals surface area contributed by atoms with Crippen molar-refractivity contribution in [1.29, 1.82) is 0 Å². The zero-order valence-electron chi connectivity index (χ0n) is 6.01. The number of furan rings is 1. The molecular weight excluding hydrogens is 210 g/mol. The van der Waals surface area contributed by atoms with Gasteiger partial charge in [-0.15, -0.1) is 0 Å². The summed E-state index contributed by atoms with van der Waals surface area (Å²) in [7, 11) is 0. The Morgan fingerprint density at radius 1 is 1.64 bits per heavy atom. The third-order valence-corrected chi connectivity index (χ3v) is 1.63. The van der Waals surface area contributed by atoms with Gasteiger partial charge in [0.25, 0.3) is 0 Å². The minimum Gasteiger partial charge on any atom is -0.467 e. The Balaban J connectivity index is 2.27. The second-order valence-corrected chi connectivity index (χ2v) is 3.05. The molecule has 1 aromatic rings. The monoisotopic (exact) mass is 219 g/mol. The van der Waals surface area contributed by atoms with E-state index in [4.69, 9.17) is 9.52 Å². The summed E-state index contributed by atoms with van der Waals surface area (Å²) in [4.78, 5) is 0. The maximum Gasteiger partial charge on any atom is 0.118 e. The Morgan fingerprint density at radius 2 is 2.45 bits per heavy atom. The first-order valence-corrected chi connectivity index (χ1v) is 4.16. The van der Waals surface area contributed by atoms with Crippen LogP contribution < -0.4 is 5.32 Å². The number of aliphatic hydroxyl groups excluding tert-OH is 1. The molecule has 3 nitrogen and oxygen atoms in total. The Labute approximate surface area is 73.5 Å². The van der Waals surface area contributed by atoms with Crippen molar-refractivity contribution in [2.45, 2.75) is 6.54 Å². The highest BCUT2D eigenvalue weighted by Crippen LogP contribution is 2.13. The molecule has 0 aliphatic heterocycles. The van der Waals surface area contributed by atoms with Crippen molar-refractivity contribution in [1.82, 2.24) is 5.32 Å². The average Bonchev–Trinajstić information content (AvgIpc) is 2.37. The number of hydrogen-bond donors (Lipinski definition) is 2. The maximum absolute atomic E-state index is 8.45. The Morgan fingerprint density at radius 3 is 3.00 bits per heavy atom. The third-order valence-electron chi connectivity index (χ3n) is 1.21. The molecule has 0 spiro atoms. The first-order chi connectivity index (χ1) is 5.33. The molecule has 0 unspecified atom stereocenters. The lowest BCUT2D eigenvalue weighted by molar-refractivity contribution is 0.289. The molecule has 0 fully saturated rings. The molecule has 2 N–H and O–H groups in total. The van der Waals surface area contributed by atoms with Gasteiger partial charge in [-0.05, 0) is 22.0 Å². The summed E-state index contributed by atoms with van der Waals surface area (Å²) < 4.78 is 6.06. The fourth-order valence-corrected chi connectivity index (χ4v) is 1.09. The van der Waals surface area contributed by atoms with Gasteiger partial charge in [-0.25, -0.2) is 0 Å². The van der Waals surface area contributed by atoms with Crippen LogP contribution in [-0.4, -0.2) is 18.3 Å². The quantitative estimate of drug-likeness (QED) is 0.747. The van der Waals surface area contributed by atoms with Crippen LogP contribution in [0, 0.1) is 0 Å². The molecule has 0 radical (unpaired) electrons. The van der Waals surface area contributed by atoms with Crippen molar-refractivity contribution in [2.24, 2.45) is 0 Å². The highest BCUT2D eigenvalue weighted by Gasteiger charge is 1.96. The van der Waals surface area contributed by atoms with Crippen LogP contribution in [0.4, 0.5) is 0 Å². The van der Waals surface area contributed by atoms with E-state index in [1.807, 2.05) is 6.07 Å². The third kappa shape index (κ3) is 3.05. The topological polar surface area (TPSA) is 45.4 Å². The van der Waals surface area contributed by atoms with Crippen molar-refractivity contribution in [2.75, 3.05) is 13.2 Å². The van der Waals surface area contributed by atoms with Crippen LogP contribution in [0.15, 0.2) is 21.2 Å². The fourth-order valence-electron chi connectivity index (χ4n) is 0.737. The second-order valence-electron chi connectivity index (χ2n) is 2.13. The number of hydrogen-bond acceptors (Lipinski definition) is 3. The molecule has 1 heterocycles. The van der Waals surface area contributed by atoms with Gasteiger partial charge in [0.05, 0.1) is 17.6 Å². The lowest BCUT2D eigenvalue weighted by Crippen LogP contribution is -2.16. The standard InChI is InChI=1S/C7H10BrNO2/c8-6-3-7(11-5-6)4-9-1-2-10/h3,5,9-10H,1-2,4H2. The molecule has 0 amide bonds. The van der Waals surface area contributed by atoms with Gasteiger partial charge in [-0.3, -0.25) is 0 Å². The zero-order chi connectivity index (χ0) is 8.10. The summed E-state index contributed by atoms with van der Waals surface area (Å²) >= 11 is 3.27. The summed E-state index contributed by atoms with van der Waals surface area (Å²) in [6.45, 7) is 1.41. The molecule has 11 heavy (non-hydrogen) atoms. The van der Waals surface area contributed by atoms with Crippen molar-refractivity contribution in [3.63, 3.8) is 0 Å². The minimum atomic E-state index is 0.155. The minimum absolute atomic E-state index is 0.155. The number of rotatable bonds is 4. The number of aliphatic hydroxyl groups is 1. The van der Waals surface area contributed by atoms with Gasteiger partial charge in [-0.1, -0.05) is 0 Å². The number of halogens is 1. The zero-order valence-corrected chi connectivity index (χ0v) is 7.60. The van der Waals surface area contributed by atoms with Crippen molar-refractivity contribution < 1.29 is 9.52 Å². The summed E-state index contributed by atoms with van der Waals surface area (Å²) in [5.41, 5.74) is 0. The molecule has 0 saturated carbocycles. The van der Waals surface area contributed by atoms with Crippen LogP contribution in [0.1, 0.15) is 5.76 Å². The molecule has 0 saturated heterocycles. The lowest BCUT2D eigenvalue weighted by atomic mass is 10.4. The van der Waals surface area contributed by atoms with Gasteiger partial charge in [0.2, 0.25) is 0 Å². The van der Waals surface area contributed by atoms with Gasteiger partial charge in [-0.2, -0.15) is 0 Å². The van der Waals surface area contributed by atoms with E-state index in [1.165, 1.54) is 0 Å². The molecule has 0 aliphatic carbocycles. The SMILES string of the molecule is OCCNCc1cc(Br)co1. The summed E-state index contributed by atoms with van der Waals surface area (Å²) in [5.74, 6) is 0.866. The van der Waals surface area contributed by atoms with Crippen LogP contribution in [0.2, 0.25) is 0 Å². The molecule has 0 atom stereocenters. The van der Waals surface area contributed by atoms with Crippen LogP contribution in [0.25, 0.3) is 0 Å². The second kappa shape index (κ2) is 4.54. The molecule has 1 aromatic heterocycles. The Kier molecular flexibility index (Phi) is 3.62. The van der Waals surface area contributed by atoms with E-state index in [2.05, 4.69) is 21.2 Å². The van der Waals surface area contributed by atoms with E-state index in [9.17, 15) is 0 Å². The highest BCUT2D eigenvalue weighted by atomic mass is 79.9. The van der Waals surface area contributed by atoms with Crippen LogP contribution in [0.3, 0.4) is 0 Å². The van der Waals surface area contributed by atoms with E-state index in [1.54, 1.807) is 6.26 Å². The first-order valence-electron chi connectivity index (χ1n) is 3.37. The van der Waals surface area contributed by atoms with Gasteiger partial charge in [0, 0.05) is 6.54 Å². The molecule has 62 valence electrons. The molecule has 1 rings (SSSR count). The molecule has 4 heteroatoms. The number of nitrogens with one attached hydrogen (secondary N) is 1. The molecule has 0 bridgehead atoms. The maximum atomic E-state index is 8.45. The largest absolute Gasteiger partial charge is 0.467 e. The van der Waals surface area contributed by atoms with Gasteiger partial charge in [0.15, 0.2) is 0 Å². The lowest BCUT2D eigenvalue weighted by Gasteiger charge is -1.96. The Bertz CT molecular complexity index is 212. The van der Waals surface area contributed by atoms with Crippen LogP contribution >= 0.6 is 15.9 Å². The predicted molar refractivity (Wildman–Crippen MR) is 45.2 cm³/mol. The molecular formula is C7H10BrNO2. The predicted octanol–water partition coefficient (Wildman–Crippen LogP) is 1.12.